The molecule has 0 saturated heterocycles. The molecule has 1 aromatic carbocycles. The fraction of sp³-hybridized carbons (Fsp3) is 0.333. The molecule has 0 unspecified atom stereocenters. The Morgan fingerprint density at radius 2 is 1.89 bits per heavy atom. The molecule has 96 valence electrons. The van der Waals surface area contributed by atoms with Gasteiger partial charge in [-0.05, 0) is 48.3 Å². The summed E-state index contributed by atoms with van der Waals surface area (Å²) in [6.07, 6.45) is 6.66. The van der Waals surface area contributed by atoms with Crippen LogP contribution in [0, 0.1) is 0 Å². The summed E-state index contributed by atoms with van der Waals surface area (Å²) in [5.74, 6) is 0. The van der Waals surface area contributed by atoms with Crippen LogP contribution in [-0.2, 0) is 6.42 Å². The van der Waals surface area contributed by atoms with Crippen LogP contribution in [0.1, 0.15) is 45.2 Å². The second-order valence-corrected chi connectivity index (χ2v) is 4.68. The topological polar surface area (TPSA) is 0 Å². The number of hydrogen-bond donors (Lipinski definition) is 0. The van der Waals surface area contributed by atoms with Crippen molar-refractivity contribution >= 4 is 18.7 Å². The molecule has 18 heavy (non-hydrogen) atoms. The van der Waals surface area contributed by atoms with E-state index in [2.05, 4.69) is 44.4 Å². The van der Waals surface area contributed by atoms with Crippen molar-refractivity contribution in [2.75, 3.05) is 0 Å². The van der Waals surface area contributed by atoms with Gasteiger partial charge in [0.25, 0.3) is 0 Å². The van der Waals surface area contributed by atoms with Crippen molar-refractivity contribution in [2.45, 2.75) is 40.5 Å². The average Bonchev–Trinajstić information content (AvgIpc) is 2.35. The molecular weight excluding hydrogens is 216 g/mol. The SMILES string of the molecule is C=C(C)/C=c1/ccc2c(c1=C)CCC(C)=C2.CC. The molecule has 0 bridgehead atoms. The van der Waals surface area contributed by atoms with Crippen LogP contribution in [0.4, 0.5) is 0 Å². The minimum absolute atomic E-state index is 1.08. The van der Waals surface area contributed by atoms with Gasteiger partial charge in [-0.15, -0.1) is 0 Å². The summed E-state index contributed by atoms with van der Waals surface area (Å²) in [6.45, 7) is 16.3. The first-order valence-electron chi connectivity index (χ1n) is 6.73. The van der Waals surface area contributed by atoms with Crippen LogP contribution in [0.3, 0.4) is 0 Å². The monoisotopic (exact) mass is 240 g/mol. The number of rotatable bonds is 1. The van der Waals surface area contributed by atoms with Crippen molar-refractivity contribution in [3.63, 3.8) is 0 Å². The van der Waals surface area contributed by atoms with E-state index >= 15 is 0 Å². The van der Waals surface area contributed by atoms with Gasteiger partial charge in [0.2, 0.25) is 0 Å². The Balaban J connectivity index is 0.000000771. The van der Waals surface area contributed by atoms with E-state index in [1.54, 1.807) is 0 Å². The lowest BCUT2D eigenvalue weighted by Crippen LogP contribution is -2.29. The van der Waals surface area contributed by atoms with Gasteiger partial charge in [0.1, 0.15) is 0 Å². The van der Waals surface area contributed by atoms with E-state index in [0.717, 1.165) is 18.4 Å². The van der Waals surface area contributed by atoms with Crippen molar-refractivity contribution in [2.24, 2.45) is 0 Å². The molecule has 0 heterocycles. The summed E-state index contributed by atoms with van der Waals surface area (Å²) < 4.78 is 0. The average molecular weight is 240 g/mol. The van der Waals surface area contributed by atoms with Gasteiger partial charge in [0.15, 0.2) is 0 Å². The lowest BCUT2D eigenvalue weighted by molar-refractivity contribution is 0.918. The molecule has 0 radical (unpaired) electrons. The Kier molecular flexibility index (Phi) is 5.15. The Bertz CT molecular complexity index is 571. The maximum atomic E-state index is 4.21. The predicted molar refractivity (Wildman–Crippen MR) is 83.8 cm³/mol. The molecule has 0 atom stereocenters. The van der Waals surface area contributed by atoms with Crippen LogP contribution in [0.15, 0.2) is 29.9 Å². The third-order valence-corrected chi connectivity index (χ3v) is 3.08. The first kappa shape index (κ1) is 14.5. The zero-order valence-electron chi connectivity index (χ0n) is 12.1. The quantitative estimate of drug-likeness (QED) is 0.700. The first-order valence-corrected chi connectivity index (χ1v) is 6.73. The van der Waals surface area contributed by atoms with Crippen LogP contribution in [0.25, 0.3) is 18.7 Å². The fourth-order valence-corrected chi connectivity index (χ4v) is 2.22. The molecule has 0 aromatic heterocycles. The smallest absolute Gasteiger partial charge is 0.0184 e. The van der Waals surface area contributed by atoms with Gasteiger partial charge >= 0.3 is 0 Å². The van der Waals surface area contributed by atoms with Gasteiger partial charge in [-0.2, -0.15) is 0 Å². The molecule has 0 saturated carbocycles. The second-order valence-electron chi connectivity index (χ2n) is 4.68. The molecule has 0 N–H and O–H groups in total. The van der Waals surface area contributed by atoms with Crippen molar-refractivity contribution < 1.29 is 0 Å². The Morgan fingerprint density at radius 1 is 1.22 bits per heavy atom. The van der Waals surface area contributed by atoms with Gasteiger partial charge in [-0.25, -0.2) is 0 Å². The summed E-state index contributed by atoms with van der Waals surface area (Å²) in [5, 5.41) is 2.38. The number of allylic oxidation sites excluding steroid dienone is 2. The van der Waals surface area contributed by atoms with Gasteiger partial charge in [0, 0.05) is 0 Å². The third-order valence-electron chi connectivity index (χ3n) is 3.08. The molecule has 0 nitrogen and oxygen atoms in total. The van der Waals surface area contributed by atoms with Crippen LogP contribution in [0.2, 0.25) is 0 Å². The Labute approximate surface area is 111 Å². The van der Waals surface area contributed by atoms with Gasteiger partial charge in [-0.1, -0.05) is 62.4 Å². The number of fused-ring (bicyclic) bond motifs is 1. The van der Waals surface area contributed by atoms with Crippen LogP contribution >= 0.6 is 0 Å². The summed E-state index contributed by atoms with van der Waals surface area (Å²) in [7, 11) is 0. The summed E-state index contributed by atoms with van der Waals surface area (Å²) >= 11 is 0. The third kappa shape index (κ3) is 3.22. The highest BCUT2D eigenvalue weighted by atomic mass is 14.1. The number of benzene rings is 1. The largest absolute Gasteiger partial charge is 0.0961 e. The summed E-state index contributed by atoms with van der Waals surface area (Å²) in [4.78, 5) is 0. The minimum Gasteiger partial charge on any atom is -0.0961 e. The lowest BCUT2D eigenvalue weighted by Gasteiger charge is -2.14. The van der Waals surface area contributed by atoms with E-state index in [1.807, 2.05) is 20.8 Å². The van der Waals surface area contributed by atoms with Crippen molar-refractivity contribution in [1.82, 2.24) is 0 Å². The van der Waals surface area contributed by atoms with E-state index in [1.165, 1.54) is 27.1 Å². The van der Waals surface area contributed by atoms with Crippen LogP contribution < -0.4 is 10.4 Å². The zero-order chi connectivity index (χ0) is 13.7. The first-order chi connectivity index (χ1) is 8.58. The van der Waals surface area contributed by atoms with E-state index in [4.69, 9.17) is 0 Å². The highest BCUT2D eigenvalue weighted by molar-refractivity contribution is 5.60. The molecule has 0 aliphatic heterocycles. The van der Waals surface area contributed by atoms with Gasteiger partial charge < -0.3 is 0 Å². The Hall–Kier alpha value is -1.56. The van der Waals surface area contributed by atoms with Crippen molar-refractivity contribution in [3.05, 3.63) is 51.4 Å². The summed E-state index contributed by atoms with van der Waals surface area (Å²) in [5.41, 5.74) is 5.28. The maximum Gasteiger partial charge on any atom is -0.0184 e. The van der Waals surface area contributed by atoms with Gasteiger partial charge in [-0.3, -0.25) is 0 Å². The van der Waals surface area contributed by atoms with Crippen molar-refractivity contribution in [1.29, 1.82) is 0 Å². The zero-order valence-corrected chi connectivity index (χ0v) is 12.1. The molecule has 1 aliphatic carbocycles. The maximum absolute atomic E-state index is 4.21. The molecule has 0 heteroatoms. The standard InChI is InChI=1S/C16H18.C2H6/c1-11(2)9-14-6-7-15-10-12(3)5-8-16(15)13(14)4;1-2/h6-7,9-10H,1,4-5,8H2,2-3H3;1-2H3/b14-9-;. The van der Waals surface area contributed by atoms with Crippen LogP contribution in [0.5, 0.6) is 0 Å². The highest BCUT2D eigenvalue weighted by Crippen LogP contribution is 2.19. The van der Waals surface area contributed by atoms with E-state index in [9.17, 15) is 0 Å². The van der Waals surface area contributed by atoms with Gasteiger partial charge in [0.05, 0.1) is 0 Å². The van der Waals surface area contributed by atoms with Crippen molar-refractivity contribution in [3.8, 4) is 0 Å². The molecular formula is C18H24. The van der Waals surface area contributed by atoms with Crippen LogP contribution in [-0.4, -0.2) is 0 Å². The lowest BCUT2D eigenvalue weighted by atomic mass is 9.91. The molecule has 0 spiro atoms. The molecule has 2 rings (SSSR count). The van der Waals surface area contributed by atoms with E-state index in [-0.39, 0.29) is 0 Å². The Morgan fingerprint density at radius 3 is 2.50 bits per heavy atom. The van der Waals surface area contributed by atoms with E-state index in [0.29, 0.717) is 0 Å². The minimum atomic E-state index is 1.08. The number of hydrogen-bond acceptors (Lipinski definition) is 0. The molecule has 1 aliphatic rings. The highest BCUT2D eigenvalue weighted by Gasteiger charge is 2.08. The predicted octanol–water partition coefficient (Wildman–Crippen LogP) is 3.83. The molecule has 0 fully saturated rings. The summed E-state index contributed by atoms with van der Waals surface area (Å²) in [6, 6.07) is 4.34. The fourth-order valence-electron chi connectivity index (χ4n) is 2.22. The molecule has 1 aromatic rings. The second kappa shape index (κ2) is 6.39. The molecule has 0 amide bonds. The van der Waals surface area contributed by atoms with E-state index < -0.39 is 0 Å². The normalized spacial score (nSPS) is 14.2.